The molecular formula is C8H17NO. The van der Waals surface area contributed by atoms with Crippen molar-refractivity contribution in [3.05, 3.63) is 0 Å². The maximum atomic E-state index is 8.91. The Morgan fingerprint density at radius 2 is 1.90 bits per heavy atom. The van der Waals surface area contributed by atoms with E-state index in [1.54, 1.807) is 0 Å². The van der Waals surface area contributed by atoms with Gasteiger partial charge in [0.05, 0.1) is 0 Å². The minimum Gasteiger partial charge on any atom is -0.396 e. The van der Waals surface area contributed by atoms with Crippen LogP contribution < -0.4 is 5.73 Å². The molecule has 1 rings (SSSR count). The van der Waals surface area contributed by atoms with Crippen molar-refractivity contribution in [2.75, 3.05) is 6.61 Å². The van der Waals surface area contributed by atoms with Crippen molar-refractivity contribution in [3.63, 3.8) is 0 Å². The lowest BCUT2D eigenvalue weighted by Gasteiger charge is -2.17. The van der Waals surface area contributed by atoms with Crippen LogP contribution in [0.4, 0.5) is 0 Å². The van der Waals surface area contributed by atoms with E-state index < -0.39 is 0 Å². The molecule has 1 saturated carbocycles. The molecule has 60 valence electrons. The molecule has 0 heterocycles. The van der Waals surface area contributed by atoms with Gasteiger partial charge in [0.25, 0.3) is 0 Å². The summed E-state index contributed by atoms with van der Waals surface area (Å²) in [5, 5.41) is 8.91. The molecular weight excluding hydrogens is 126 g/mol. The van der Waals surface area contributed by atoms with E-state index in [0.717, 1.165) is 12.8 Å². The van der Waals surface area contributed by atoms with E-state index in [2.05, 4.69) is 0 Å². The second-order valence-corrected chi connectivity index (χ2v) is 3.24. The fourth-order valence-electron chi connectivity index (χ4n) is 1.64. The van der Waals surface area contributed by atoms with Crippen molar-refractivity contribution >= 4 is 0 Å². The molecule has 0 spiro atoms. The van der Waals surface area contributed by atoms with Crippen LogP contribution in [0, 0.1) is 5.92 Å². The molecule has 0 aromatic rings. The normalized spacial score (nSPS) is 35.4. The third-order valence-electron chi connectivity index (χ3n) is 2.45. The Morgan fingerprint density at radius 3 is 2.60 bits per heavy atom. The molecule has 0 aromatic heterocycles. The maximum Gasteiger partial charge on any atom is 0.0474 e. The van der Waals surface area contributed by atoms with Gasteiger partial charge in [0, 0.05) is 12.6 Å². The zero-order valence-electron chi connectivity index (χ0n) is 6.42. The van der Waals surface area contributed by atoms with E-state index in [0.29, 0.717) is 5.92 Å². The van der Waals surface area contributed by atoms with Crippen molar-refractivity contribution < 1.29 is 5.11 Å². The zero-order valence-corrected chi connectivity index (χ0v) is 6.42. The number of hydrogen-bond donors (Lipinski definition) is 2. The van der Waals surface area contributed by atoms with Crippen molar-refractivity contribution in [1.82, 2.24) is 0 Å². The van der Waals surface area contributed by atoms with Crippen LogP contribution in [0.2, 0.25) is 0 Å². The lowest BCUT2D eigenvalue weighted by Crippen LogP contribution is -2.31. The Balaban J connectivity index is 2.35. The van der Waals surface area contributed by atoms with Gasteiger partial charge in [-0.2, -0.15) is 0 Å². The van der Waals surface area contributed by atoms with E-state index in [1.165, 1.54) is 19.3 Å². The van der Waals surface area contributed by atoms with Gasteiger partial charge < -0.3 is 10.8 Å². The van der Waals surface area contributed by atoms with Crippen LogP contribution in [0.1, 0.15) is 32.1 Å². The van der Waals surface area contributed by atoms with Gasteiger partial charge in [-0.05, 0) is 18.8 Å². The molecule has 2 unspecified atom stereocenters. The summed E-state index contributed by atoms with van der Waals surface area (Å²) in [6.07, 6.45) is 6.02. The van der Waals surface area contributed by atoms with Crippen LogP contribution in [0.3, 0.4) is 0 Å². The summed E-state index contributed by atoms with van der Waals surface area (Å²) < 4.78 is 0. The third-order valence-corrected chi connectivity index (χ3v) is 2.45. The largest absolute Gasteiger partial charge is 0.396 e. The van der Waals surface area contributed by atoms with E-state index >= 15 is 0 Å². The highest BCUT2D eigenvalue weighted by molar-refractivity contribution is 4.75. The Morgan fingerprint density at radius 1 is 1.20 bits per heavy atom. The SMILES string of the molecule is NC1CCCCCC1CO. The molecule has 3 N–H and O–H groups in total. The van der Waals surface area contributed by atoms with Gasteiger partial charge in [0.15, 0.2) is 0 Å². The van der Waals surface area contributed by atoms with Gasteiger partial charge in [-0.15, -0.1) is 0 Å². The molecule has 2 heteroatoms. The van der Waals surface area contributed by atoms with Crippen molar-refractivity contribution in [1.29, 1.82) is 0 Å². The first kappa shape index (κ1) is 8.02. The van der Waals surface area contributed by atoms with Gasteiger partial charge >= 0.3 is 0 Å². The second kappa shape index (κ2) is 3.94. The van der Waals surface area contributed by atoms with E-state index in [4.69, 9.17) is 10.8 Å². The summed E-state index contributed by atoms with van der Waals surface area (Å²) >= 11 is 0. The number of hydrogen-bond acceptors (Lipinski definition) is 2. The van der Waals surface area contributed by atoms with Crippen LogP contribution in [0.5, 0.6) is 0 Å². The molecule has 2 nitrogen and oxygen atoms in total. The average molecular weight is 143 g/mol. The zero-order chi connectivity index (χ0) is 7.40. The summed E-state index contributed by atoms with van der Waals surface area (Å²) in [4.78, 5) is 0. The molecule has 0 bridgehead atoms. The molecule has 1 fully saturated rings. The third kappa shape index (κ3) is 1.96. The topological polar surface area (TPSA) is 46.2 Å². The number of nitrogens with two attached hydrogens (primary N) is 1. The lowest BCUT2D eigenvalue weighted by molar-refractivity contribution is 0.197. The molecule has 0 radical (unpaired) electrons. The minimum atomic E-state index is 0.257. The highest BCUT2D eigenvalue weighted by Crippen LogP contribution is 2.21. The number of aliphatic hydroxyl groups is 1. The first-order chi connectivity index (χ1) is 4.84. The monoisotopic (exact) mass is 143 g/mol. The molecule has 0 aromatic carbocycles. The van der Waals surface area contributed by atoms with E-state index in [-0.39, 0.29) is 12.6 Å². The number of rotatable bonds is 1. The van der Waals surface area contributed by atoms with Gasteiger partial charge in [0.2, 0.25) is 0 Å². The Bertz CT molecular complexity index is 95.3. The van der Waals surface area contributed by atoms with Gasteiger partial charge in [-0.1, -0.05) is 19.3 Å². The Labute approximate surface area is 62.4 Å². The van der Waals surface area contributed by atoms with E-state index in [9.17, 15) is 0 Å². The first-order valence-electron chi connectivity index (χ1n) is 4.21. The van der Waals surface area contributed by atoms with Crippen LogP contribution >= 0.6 is 0 Å². The molecule has 0 saturated heterocycles. The summed E-state index contributed by atoms with van der Waals surface area (Å²) in [6.45, 7) is 0.279. The minimum absolute atomic E-state index is 0.257. The van der Waals surface area contributed by atoms with Crippen molar-refractivity contribution in [2.24, 2.45) is 11.7 Å². The van der Waals surface area contributed by atoms with Crippen molar-refractivity contribution in [3.8, 4) is 0 Å². The molecule has 1 aliphatic rings. The molecule has 1 aliphatic carbocycles. The fourth-order valence-corrected chi connectivity index (χ4v) is 1.64. The molecule has 2 atom stereocenters. The molecule has 10 heavy (non-hydrogen) atoms. The smallest absolute Gasteiger partial charge is 0.0474 e. The first-order valence-corrected chi connectivity index (χ1v) is 4.21. The summed E-state index contributed by atoms with van der Waals surface area (Å²) in [5.74, 6) is 0.377. The lowest BCUT2D eigenvalue weighted by atomic mass is 9.97. The Hall–Kier alpha value is -0.0800. The maximum absolute atomic E-state index is 8.91. The quantitative estimate of drug-likeness (QED) is 0.535. The summed E-state index contributed by atoms with van der Waals surface area (Å²) in [6, 6.07) is 0.257. The van der Waals surface area contributed by atoms with Crippen LogP contribution in [0.25, 0.3) is 0 Å². The predicted octanol–water partition coefficient (Wildman–Crippen LogP) is 0.886. The van der Waals surface area contributed by atoms with Crippen molar-refractivity contribution in [2.45, 2.75) is 38.1 Å². The van der Waals surface area contributed by atoms with Gasteiger partial charge in [-0.3, -0.25) is 0 Å². The summed E-state index contributed by atoms with van der Waals surface area (Å²) in [5.41, 5.74) is 5.83. The van der Waals surface area contributed by atoms with Crippen LogP contribution in [0.15, 0.2) is 0 Å². The Kier molecular flexibility index (Phi) is 3.16. The fraction of sp³-hybridized carbons (Fsp3) is 1.00. The van der Waals surface area contributed by atoms with Gasteiger partial charge in [-0.25, -0.2) is 0 Å². The van der Waals surface area contributed by atoms with E-state index in [1.807, 2.05) is 0 Å². The number of aliphatic hydroxyl groups excluding tert-OH is 1. The standard InChI is InChI=1S/C8H17NO/c9-8-5-3-1-2-4-7(8)6-10/h7-8,10H,1-6,9H2. The van der Waals surface area contributed by atoms with Crippen LogP contribution in [-0.4, -0.2) is 17.8 Å². The predicted molar refractivity (Wildman–Crippen MR) is 41.6 cm³/mol. The van der Waals surface area contributed by atoms with Gasteiger partial charge in [0.1, 0.15) is 0 Å². The average Bonchev–Trinajstić information content (AvgIpc) is 2.13. The molecule has 0 aliphatic heterocycles. The highest BCUT2D eigenvalue weighted by Gasteiger charge is 2.18. The second-order valence-electron chi connectivity index (χ2n) is 3.24. The highest BCUT2D eigenvalue weighted by atomic mass is 16.3. The molecule has 0 amide bonds. The van der Waals surface area contributed by atoms with Crippen LogP contribution in [-0.2, 0) is 0 Å². The summed E-state index contributed by atoms with van der Waals surface area (Å²) in [7, 11) is 0.